The molecule has 1 aliphatic carbocycles. The van der Waals surface area contributed by atoms with Crippen LogP contribution in [0.15, 0.2) is 54.6 Å². The minimum absolute atomic E-state index is 0.217. The predicted molar refractivity (Wildman–Crippen MR) is 118 cm³/mol. The van der Waals surface area contributed by atoms with Gasteiger partial charge < -0.3 is 15.0 Å². The molecule has 1 fully saturated rings. The second kappa shape index (κ2) is 9.04. The Labute approximate surface area is 180 Å². The lowest BCUT2D eigenvalue weighted by Gasteiger charge is -2.29. The number of nitrogens with one attached hydrogen (secondary N) is 3. The van der Waals surface area contributed by atoms with E-state index >= 15 is 0 Å². The van der Waals surface area contributed by atoms with Crippen LogP contribution in [-0.2, 0) is 9.53 Å². The number of aromatic nitrogens is 1. The SMILES string of the molecule is Cc1[nH]c2ccccc2c1C(=O)C(=O)N[C@@H]1CCC[C@H](OC(=O)Nc2ccccc2)C1. The van der Waals surface area contributed by atoms with Gasteiger partial charge in [0.1, 0.15) is 6.10 Å². The number of aromatic amines is 1. The number of hydrogen-bond acceptors (Lipinski definition) is 4. The number of hydrogen-bond donors (Lipinski definition) is 3. The van der Waals surface area contributed by atoms with E-state index in [9.17, 15) is 14.4 Å². The van der Waals surface area contributed by atoms with Crippen LogP contribution in [0.25, 0.3) is 10.9 Å². The number of rotatable bonds is 5. The fourth-order valence-electron chi connectivity index (χ4n) is 4.14. The van der Waals surface area contributed by atoms with E-state index < -0.39 is 17.8 Å². The van der Waals surface area contributed by atoms with Crippen LogP contribution in [-0.4, -0.2) is 34.9 Å². The third kappa shape index (κ3) is 4.77. The van der Waals surface area contributed by atoms with Crippen LogP contribution in [0, 0.1) is 6.92 Å². The molecule has 0 saturated heterocycles. The van der Waals surface area contributed by atoms with Gasteiger partial charge in [-0.2, -0.15) is 0 Å². The number of carbonyl (C=O) groups excluding carboxylic acids is 3. The first-order valence-electron chi connectivity index (χ1n) is 10.5. The molecule has 0 aliphatic heterocycles. The molecular formula is C24H25N3O4. The molecule has 7 heteroatoms. The Bertz CT molecular complexity index is 1110. The normalized spacial score (nSPS) is 18.4. The van der Waals surface area contributed by atoms with Crippen LogP contribution in [0.1, 0.15) is 41.7 Å². The molecule has 7 nitrogen and oxygen atoms in total. The Morgan fingerprint density at radius 3 is 2.55 bits per heavy atom. The Hall–Kier alpha value is -3.61. The van der Waals surface area contributed by atoms with Gasteiger partial charge in [0.2, 0.25) is 0 Å². The van der Waals surface area contributed by atoms with Crippen LogP contribution in [0.4, 0.5) is 10.5 Å². The number of carbonyl (C=O) groups is 3. The van der Waals surface area contributed by atoms with E-state index in [1.807, 2.05) is 42.5 Å². The molecule has 31 heavy (non-hydrogen) atoms. The smallest absolute Gasteiger partial charge is 0.411 e. The van der Waals surface area contributed by atoms with Crippen LogP contribution < -0.4 is 10.6 Å². The minimum Gasteiger partial charge on any atom is -0.446 e. The van der Waals surface area contributed by atoms with Crippen LogP contribution in [0.2, 0.25) is 0 Å². The second-order valence-corrected chi connectivity index (χ2v) is 7.86. The van der Waals surface area contributed by atoms with Crippen molar-refractivity contribution in [3.05, 3.63) is 65.9 Å². The molecule has 3 aromatic rings. The first-order valence-corrected chi connectivity index (χ1v) is 10.5. The fourth-order valence-corrected chi connectivity index (χ4v) is 4.14. The summed E-state index contributed by atoms with van der Waals surface area (Å²) in [4.78, 5) is 40.8. The summed E-state index contributed by atoms with van der Waals surface area (Å²) in [5.41, 5.74) is 2.56. The highest BCUT2D eigenvalue weighted by molar-refractivity contribution is 6.45. The number of para-hydroxylation sites is 2. The van der Waals surface area contributed by atoms with Gasteiger partial charge in [-0.05, 0) is 44.4 Å². The molecule has 1 aliphatic rings. The molecular weight excluding hydrogens is 394 g/mol. The maximum atomic E-state index is 12.8. The lowest BCUT2D eigenvalue weighted by atomic mass is 9.92. The number of anilines is 1. The summed E-state index contributed by atoms with van der Waals surface area (Å²) in [6, 6.07) is 16.3. The van der Waals surface area contributed by atoms with Gasteiger partial charge in [0.05, 0.1) is 5.56 Å². The highest BCUT2D eigenvalue weighted by Crippen LogP contribution is 2.24. The van der Waals surface area contributed by atoms with Gasteiger partial charge in [-0.15, -0.1) is 0 Å². The molecule has 1 aromatic heterocycles. The van der Waals surface area contributed by atoms with E-state index in [0.29, 0.717) is 23.4 Å². The molecule has 2 aromatic carbocycles. The number of ether oxygens (including phenoxy) is 1. The lowest BCUT2D eigenvalue weighted by Crippen LogP contribution is -2.44. The maximum Gasteiger partial charge on any atom is 0.411 e. The zero-order chi connectivity index (χ0) is 21.8. The molecule has 0 unspecified atom stereocenters. The summed E-state index contributed by atoms with van der Waals surface area (Å²) in [5, 5.41) is 6.27. The first kappa shape index (κ1) is 20.7. The highest BCUT2D eigenvalue weighted by Gasteiger charge is 2.29. The number of fused-ring (bicyclic) bond motifs is 1. The van der Waals surface area contributed by atoms with E-state index in [0.717, 1.165) is 30.2 Å². The van der Waals surface area contributed by atoms with Crippen molar-refractivity contribution in [3.8, 4) is 0 Å². The fraction of sp³-hybridized carbons (Fsp3) is 0.292. The summed E-state index contributed by atoms with van der Waals surface area (Å²) in [6.45, 7) is 1.79. The predicted octanol–water partition coefficient (Wildman–Crippen LogP) is 4.34. The van der Waals surface area contributed by atoms with E-state index in [1.165, 1.54) is 0 Å². The summed E-state index contributed by atoms with van der Waals surface area (Å²) in [6.07, 6.45) is 1.92. The Morgan fingerprint density at radius 1 is 1.00 bits per heavy atom. The van der Waals surface area contributed by atoms with Gasteiger partial charge in [-0.3, -0.25) is 14.9 Å². The minimum atomic E-state index is -0.632. The molecule has 4 rings (SSSR count). The zero-order valence-electron chi connectivity index (χ0n) is 17.3. The highest BCUT2D eigenvalue weighted by atomic mass is 16.6. The van der Waals surface area contributed by atoms with E-state index in [1.54, 1.807) is 19.1 Å². The average molecular weight is 419 g/mol. The van der Waals surface area contributed by atoms with Crippen molar-refractivity contribution in [3.63, 3.8) is 0 Å². The van der Waals surface area contributed by atoms with Crippen LogP contribution >= 0.6 is 0 Å². The summed E-state index contributed by atoms with van der Waals surface area (Å²) in [5.74, 6) is -1.19. The van der Waals surface area contributed by atoms with Crippen LogP contribution in [0.3, 0.4) is 0 Å². The quantitative estimate of drug-likeness (QED) is 0.423. The first-order chi connectivity index (χ1) is 15.0. The largest absolute Gasteiger partial charge is 0.446 e. The van der Waals surface area contributed by atoms with Gasteiger partial charge in [0.15, 0.2) is 0 Å². The Kier molecular flexibility index (Phi) is 6.02. The number of benzene rings is 2. The van der Waals surface area contributed by atoms with E-state index in [-0.39, 0.29) is 12.1 Å². The van der Waals surface area contributed by atoms with Crippen molar-refractivity contribution in [1.82, 2.24) is 10.3 Å². The Morgan fingerprint density at radius 2 is 1.74 bits per heavy atom. The van der Waals surface area contributed by atoms with E-state index in [2.05, 4.69) is 15.6 Å². The maximum absolute atomic E-state index is 12.8. The number of ketones is 1. The number of H-pyrrole nitrogens is 1. The third-order valence-electron chi connectivity index (χ3n) is 5.58. The molecule has 2 amide bonds. The summed E-state index contributed by atoms with van der Waals surface area (Å²) >= 11 is 0. The van der Waals surface area contributed by atoms with Gasteiger partial charge in [-0.25, -0.2) is 4.79 Å². The van der Waals surface area contributed by atoms with Crippen molar-refractivity contribution < 1.29 is 19.1 Å². The van der Waals surface area contributed by atoms with Crippen molar-refractivity contribution in [2.45, 2.75) is 44.8 Å². The monoisotopic (exact) mass is 419 g/mol. The lowest BCUT2D eigenvalue weighted by molar-refractivity contribution is -0.118. The van der Waals surface area contributed by atoms with E-state index in [4.69, 9.17) is 4.74 Å². The molecule has 0 bridgehead atoms. The van der Waals surface area contributed by atoms with Crippen LogP contribution in [0.5, 0.6) is 0 Å². The summed E-state index contributed by atoms with van der Waals surface area (Å²) in [7, 11) is 0. The Balaban J connectivity index is 1.35. The van der Waals surface area contributed by atoms with Crippen molar-refractivity contribution in [2.75, 3.05) is 5.32 Å². The standard InChI is InChI=1S/C24H25N3O4/c1-15-21(19-12-5-6-13-20(19)25-15)22(28)23(29)26-17-10-7-11-18(14-17)31-24(30)27-16-8-3-2-4-9-16/h2-6,8-9,12-13,17-18,25H,7,10-11,14H2,1H3,(H,26,29)(H,27,30)/t17-,18+/m1/s1. The molecule has 160 valence electrons. The van der Waals surface area contributed by atoms with Gasteiger partial charge in [0.25, 0.3) is 11.7 Å². The number of Topliss-reactive ketones (excluding diaryl/α,β-unsaturated/α-hetero) is 1. The van der Waals surface area contributed by atoms with Crippen molar-refractivity contribution >= 4 is 34.4 Å². The topological polar surface area (TPSA) is 100 Å². The van der Waals surface area contributed by atoms with Crippen molar-refractivity contribution in [1.29, 1.82) is 0 Å². The zero-order valence-corrected chi connectivity index (χ0v) is 17.3. The van der Waals surface area contributed by atoms with Crippen molar-refractivity contribution in [2.24, 2.45) is 0 Å². The molecule has 2 atom stereocenters. The van der Waals surface area contributed by atoms with Gasteiger partial charge in [0, 0.05) is 34.7 Å². The third-order valence-corrected chi connectivity index (χ3v) is 5.58. The average Bonchev–Trinajstić information content (AvgIpc) is 3.09. The van der Waals surface area contributed by atoms with Gasteiger partial charge in [-0.1, -0.05) is 36.4 Å². The molecule has 0 radical (unpaired) electrons. The summed E-state index contributed by atoms with van der Waals surface area (Å²) < 4.78 is 5.53. The van der Waals surface area contributed by atoms with Gasteiger partial charge >= 0.3 is 6.09 Å². The number of amides is 2. The molecule has 0 spiro atoms. The second-order valence-electron chi connectivity index (χ2n) is 7.86. The molecule has 1 saturated carbocycles. The number of aryl methyl sites for hydroxylation is 1. The molecule has 1 heterocycles. The molecule has 3 N–H and O–H groups in total.